The summed E-state index contributed by atoms with van der Waals surface area (Å²) in [5, 5.41) is 19.5. The van der Waals surface area contributed by atoms with Gasteiger partial charge in [-0.15, -0.1) is 13.2 Å². The number of hydrogen-bond donors (Lipinski definition) is 4. The number of likely N-dealkylation sites (N-methyl/N-ethyl adjacent to an activating group) is 2. The number of sulfonamides is 2. The molecule has 7 amide bonds. The Bertz CT molecular complexity index is 4830. The second-order valence-corrected chi connectivity index (χ2v) is 32.9. The first-order chi connectivity index (χ1) is 51.1. The van der Waals surface area contributed by atoms with Crippen LogP contribution in [-0.2, 0) is 63.0 Å². The quantitative estimate of drug-likeness (QED) is 0.0279. The molecule has 4 N–H and O–H groups in total. The fraction of sp³-hybridized carbons (Fsp3) is 0.493. The lowest BCUT2D eigenvalue weighted by atomic mass is 9.96. The number of fused-ring (bicyclic) bond motifs is 4. The zero-order valence-electron chi connectivity index (χ0n) is 58.8. The Labute approximate surface area is 627 Å². The summed E-state index contributed by atoms with van der Waals surface area (Å²) in [6.07, 6.45) is 4.19. The monoisotopic (exact) mass is 1590 g/mol. The van der Waals surface area contributed by atoms with Crippen LogP contribution in [0.3, 0.4) is 0 Å². The van der Waals surface area contributed by atoms with E-state index in [0.717, 1.165) is 53.2 Å². The molecule has 8 atom stereocenters. The van der Waals surface area contributed by atoms with Crippen LogP contribution in [0.1, 0.15) is 113 Å². The van der Waals surface area contributed by atoms with Crippen molar-refractivity contribution in [2.45, 2.75) is 156 Å². The Morgan fingerprint density at radius 3 is 2.07 bits per heavy atom. The lowest BCUT2D eigenvalue weighted by molar-refractivity contribution is -0.144. The first kappa shape index (κ1) is 78.5. The van der Waals surface area contributed by atoms with Crippen molar-refractivity contribution in [2.24, 2.45) is 17.3 Å². The number of likely N-dealkylation sites (tertiary alicyclic amines) is 1. The number of urea groups is 1. The van der Waals surface area contributed by atoms with E-state index in [1.165, 1.54) is 40.0 Å². The van der Waals surface area contributed by atoms with Crippen molar-refractivity contribution < 1.29 is 91.3 Å². The number of aromatic nitrogens is 6. The van der Waals surface area contributed by atoms with Crippen LogP contribution < -0.4 is 29.0 Å². The zero-order chi connectivity index (χ0) is 77.7. The van der Waals surface area contributed by atoms with E-state index in [4.69, 9.17) is 37.4 Å². The number of carbonyl (C=O) groups excluding carboxylic acids is 6. The Morgan fingerprint density at radius 1 is 0.787 bits per heavy atom. The highest BCUT2D eigenvalue weighted by Gasteiger charge is 2.63. The number of benzene rings is 2. The van der Waals surface area contributed by atoms with Crippen LogP contribution in [0.25, 0.3) is 33.4 Å². The molecule has 3 aliphatic heterocycles. The lowest BCUT2D eigenvalue weighted by Crippen LogP contribution is -2.57. The van der Waals surface area contributed by atoms with Gasteiger partial charge in [0, 0.05) is 81.6 Å². The number of allylic oxidation sites excluding steroid dienone is 3. The molecule has 2 aromatic carbocycles. The number of rotatable bonds is 22. The van der Waals surface area contributed by atoms with E-state index in [0.29, 0.717) is 80.1 Å². The van der Waals surface area contributed by atoms with Crippen molar-refractivity contribution in [3.63, 3.8) is 0 Å². The number of halogens is 8. The SMILES string of the molecule is C=CCCCCN(C)C(=O)[C@@H]1C[C@H](Oc2cc(-n3ccc(C(F)(F)F)n3)nc3c(Cl)c(CO)ccc23)CN1C(=O)N[C@]1(C(=O)NS(=O)(=O)C2CC2)C[C@H]1C=C.COc1ccc2cc(O[C@H]3C[C@H]4C(=O)N(C)CCCC/C=C\[C@@H]5C[C@@]5(C(=O)NS(=O)(=O)C5CC5)CC(=O)N4C3)c(-n3ccc(C(F)(F)F)n3)nc2c1Cl. The number of ether oxygens (including phenoxy) is 3. The highest BCUT2D eigenvalue weighted by Crippen LogP contribution is 2.57. The Balaban J connectivity index is 0.000000202. The third-order valence-corrected chi connectivity index (χ3v) is 24.9. The first-order valence-corrected chi connectivity index (χ1v) is 38.9. The number of amides is 7. The van der Waals surface area contributed by atoms with Crippen LogP contribution in [0.4, 0.5) is 31.1 Å². The third-order valence-electron chi connectivity index (χ3n) is 20.5. The van der Waals surface area contributed by atoms with Crippen LogP contribution in [0.15, 0.2) is 98.4 Å². The maximum absolute atomic E-state index is 14.2. The van der Waals surface area contributed by atoms with Gasteiger partial charge in [0.1, 0.15) is 46.4 Å². The maximum Gasteiger partial charge on any atom is 0.435 e. The Hall–Kier alpha value is -9.06. The van der Waals surface area contributed by atoms with Gasteiger partial charge < -0.3 is 44.2 Å². The van der Waals surface area contributed by atoms with Crippen LogP contribution >= 0.6 is 23.2 Å². The summed E-state index contributed by atoms with van der Waals surface area (Å²) in [5.74, 6) is -3.62. The highest BCUT2D eigenvalue weighted by molar-refractivity contribution is 7.91. The van der Waals surface area contributed by atoms with E-state index < -0.39 is 132 Å². The van der Waals surface area contributed by atoms with Gasteiger partial charge in [0.2, 0.25) is 43.7 Å². The number of unbranched alkanes of at least 4 members (excludes halogenated alkanes) is 2. The van der Waals surface area contributed by atoms with Gasteiger partial charge in [-0.25, -0.2) is 41.0 Å². The molecule has 4 saturated carbocycles. The average Bonchev–Trinajstić information content (AvgIpc) is 1.58. The molecule has 7 aliphatic rings. The van der Waals surface area contributed by atoms with Gasteiger partial charge in [0.05, 0.1) is 58.8 Å². The predicted octanol–water partition coefficient (Wildman–Crippen LogP) is 9.14. The van der Waals surface area contributed by atoms with Gasteiger partial charge in [0.25, 0.3) is 5.91 Å². The molecule has 37 heteroatoms. The van der Waals surface area contributed by atoms with Gasteiger partial charge in [-0.05, 0) is 125 Å². The molecule has 6 fully saturated rings. The maximum atomic E-state index is 14.2. The van der Waals surface area contributed by atoms with Gasteiger partial charge in [-0.1, -0.05) is 53.6 Å². The minimum Gasteiger partial charge on any atom is -0.495 e. The molecule has 0 spiro atoms. The largest absolute Gasteiger partial charge is 0.495 e. The second-order valence-electron chi connectivity index (χ2n) is 28.2. The molecule has 6 aromatic rings. The molecule has 0 radical (unpaired) electrons. The third kappa shape index (κ3) is 16.6. The number of nitrogens with one attached hydrogen (secondary N) is 3. The summed E-state index contributed by atoms with van der Waals surface area (Å²) in [6.45, 7) is 7.53. The van der Waals surface area contributed by atoms with E-state index in [-0.39, 0.29) is 101 Å². The van der Waals surface area contributed by atoms with Gasteiger partial charge >= 0.3 is 18.4 Å². The summed E-state index contributed by atoms with van der Waals surface area (Å²) < 4.78 is 156. The van der Waals surface area contributed by atoms with Crippen LogP contribution in [-0.4, -0.2) is 194 Å². The Kier molecular flexibility index (Phi) is 22.4. The number of aliphatic hydroxyl groups is 1. The molecule has 108 heavy (non-hydrogen) atoms. The number of carbonyl (C=O) groups is 6. The molecule has 4 aromatic heterocycles. The first-order valence-electron chi connectivity index (χ1n) is 35.0. The summed E-state index contributed by atoms with van der Waals surface area (Å²) in [6, 6.07) is 7.97. The van der Waals surface area contributed by atoms with Crippen molar-refractivity contribution in [2.75, 3.05) is 47.4 Å². The fourth-order valence-corrected chi connectivity index (χ4v) is 17.2. The van der Waals surface area contributed by atoms with Crippen LogP contribution in [0, 0.1) is 17.3 Å². The molecule has 580 valence electrons. The minimum absolute atomic E-state index is 0.0221. The molecule has 4 aliphatic carbocycles. The van der Waals surface area contributed by atoms with Gasteiger partial charge in [-0.3, -0.25) is 33.4 Å². The summed E-state index contributed by atoms with van der Waals surface area (Å²) in [5.41, 5.74) is -4.62. The fourth-order valence-electron chi connectivity index (χ4n) is 13.9. The van der Waals surface area contributed by atoms with Crippen LogP contribution in [0.5, 0.6) is 17.2 Å². The molecule has 7 heterocycles. The Morgan fingerprint density at radius 2 is 1.44 bits per heavy atom. The average molecular weight is 1590 g/mol. The smallest absolute Gasteiger partial charge is 0.435 e. The van der Waals surface area contributed by atoms with E-state index in [9.17, 15) is 77.1 Å². The lowest BCUT2D eigenvalue weighted by Gasteiger charge is -2.29. The summed E-state index contributed by atoms with van der Waals surface area (Å²) in [7, 11) is -3.15. The zero-order valence-corrected chi connectivity index (χ0v) is 62.0. The van der Waals surface area contributed by atoms with Crippen LogP contribution in [0.2, 0.25) is 10.0 Å². The second kappa shape index (κ2) is 30.8. The van der Waals surface area contributed by atoms with Crippen molar-refractivity contribution in [1.82, 2.24) is 63.9 Å². The topological polar surface area (TPSA) is 329 Å². The number of pyridine rings is 2. The molecule has 2 saturated heterocycles. The number of methoxy groups -OCH3 is 1. The van der Waals surface area contributed by atoms with E-state index in [1.54, 1.807) is 49.3 Å². The van der Waals surface area contributed by atoms with E-state index >= 15 is 0 Å². The minimum atomic E-state index is -4.73. The summed E-state index contributed by atoms with van der Waals surface area (Å²) >= 11 is 13.1. The number of alkyl halides is 6. The predicted molar refractivity (Wildman–Crippen MR) is 381 cm³/mol. The van der Waals surface area contributed by atoms with Gasteiger partial charge in [0.15, 0.2) is 28.8 Å². The number of nitrogens with zero attached hydrogens (tertiary/aromatic N) is 10. The number of hydrogen-bond acceptors (Lipinski definition) is 18. The van der Waals surface area contributed by atoms with Gasteiger partial charge in [-0.2, -0.15) is 36.5 Å². The molecular formula is C71H79Cl2F6N13O14S2. The molecule has 13 rings (SSSR count). The molecule has 27 nitrogen and oxygen atoms in total. The van der Waals surface area contributed by atoms with Crippen molar-refractivity contribution in [1.29, 1.82) is 0 Å². The van der Waals surface area contributed by atoms with Crippen molar-refractivity contribution in [3.05, 3.63) is 125 Å². The normalized spacial score (nSPS) is 24.2. The molecular weight excluding hydrogens is 1510 g/mol. The highest BCUT2D eigenvalue weighted by atomic mass is 35.5. The molecule has 0 bridgehead atoms. The van der Waals surface area contributed by atoms with E-state index in [1.807, 2.05) is 12.2 Å². The van der Waals surface area contributed by atoms with Crippen molar-refractivity contribution >= 4 is 101 Å². The van der Waals surface area contributed by atoms with E-state index in [2.05, 4.69) is 48.1 Å². The van der Waals surface area contributed by atoms with Crippen molar-refractivity contribution in [3.8, 4) is 28.9 Å². The number of aliphatic hydroxyl groups excluding tert-OH is 1. The summed E-state index contributed by atoms with van der Waals surface area (Å²) in [4.78, 5) is 97.9. The standard InChI is InChI=1S/C36H41ClF3N7O7S.C35H38ClF3N6O7S/c1-4-6-7-8-14-45(3)32(49)26-16-23(19-46(26)34(51)42-35(18-22(35)5-2)33(50)44-55(52,53)24-10-11-24)54-27-17-29(47-15-13-28(43-47)36(38,39)40)41-31-25(27)12-9-21(20-48)30(31)37;1-43-13-6-4-3-5-7-21-17-34(21,33(48)42-53(49,50)23-9-10-23)18-28(46)44-19-22(16-24(44)32(43)47)52-26-15-20-8-11-25(51-2)29(36)30(20)40-31(26)45-14-12-27(41-45)35(37,38)39/h4-5,9,12-13,15,17,22-24,26,48H,1-2,6-8,10-11,14,16,18-20H2,3H3,(H,42,51)(H,44,50);5,7-8,11-12,14-15,21-24H,3-4,6,9-10,13,16-19H2,1-2H3,(H,42,48)/b;7-5-/t22-,23+,26+,35-;21-,22+,24+,34-/m11/s1. The molecule has 0 unspecified atom stereocenters.